The Morgan fingerprint density at radius 2 is 1.50 bits per heavy atom. The van der Waals surface area contributed by atoms with Crippen LogP contribution in [0.5, 0.6) is 0 Å². The van der Waals surface area contributed by atoms with Gasteiger partial charge in [-0.15, -0.1) is 0 Å². The van der Waals surface area contributed by atoms with Crippen molar-refractivity contribution < 1.29 is 4.39 Å². The van der Waals surface area contributed by atoms with Crippen LogP contribution in [-0.2, 0) is 0 Å². The Morgan fingerprint density at radius 3 is 2.00 bits per heavy atom. The standard InChI is InChI=1S/C8H14BF/c9-7-3-1-5-8(10)6-2-4-7/h7-8H,1-6H2. The highest BCUT2D eigenvalue weighted by atomic mass is 19.1. The minimum Gasteiger partial charge on any atom is -0.247 e. The lowest BCUT2D eigenvalue weighted by Gasteiger charge is -2.17. The van der Waals surface area contributed by atoms with Crippen LogP contribution in [0.1, 0.15) is 38.5 Å². The van der Waals surface area contributed by atoms with E-state index in [9.17, 15) is 4.39 Å². The van der Waals surface area contributed by atoms with Crippen LogP contribution in [0.2, 0.25) is 5.82 Å². The van der Waals surface area contributed by atoms with Crippen LogP contribution in [0.25, 0.3) is 0 Å². The SMILES string of the molecule is [B]C1CCCC(F)CCC1. The third kappa shape index (κ3) is 2.72. The van der Waals surface area contributed by atoms with Gasteiger partial charge in [-0.1, -0.05) is 31.5 Å². The van der Waals surface area contributed by atoms with E-state index in [4.69, 9.17) is 7.85 Å². The van der Waals surface area contributed by atoms with E-state index >= 15 is 0 Å². The molecule has 56 valence electrons. The maximum atomic E-state index is 12.7. The Balaban J connectivity index is 2.21. The molecule has 0 bridgehead atoms. The first kappa shape index (κ1) is 8.09. The van der Waals surface area contributed by atoms with Crippen molar-refractivity contribution in [3.63, 3.8) is 0 Å². The predicted octanol–water partition coefficient (Wildman–Crippen LogP) is 2.64. The van der Waals surface area contributed by atoms with Gasteiger partial charge in [0, 0.05) is 0 Å². The Hall–Kier alpha value is -0.00506. The fourth-order valence-electron chi connectivity index (χ4n) is 1.49. The summed E-state index contributed by atoms with van der Waals surface area (Å²) in [5, 5.41) is 0. The van der Waals surface area contributed by atoms with Crippen molar-refractivity contribution >= 4 is 7.85 Å². The molecule has 2 heteroatoms. The number of halogens is 1. The van der Waals surface area contributed by atoms with Gasteiger partial charge in [0.15, 0.2) is 0 Å². The van der Waals surface area contributed by atoms with E-state index in [2.05, 4.69) is 0 Å². The topological polar surface area (TPSA) is 0 Å². The van der Waals surface area contributed by atoms with Crippen LogP contribution < -0.4 is 0 Å². The molecule has 1 fully saturated rings. The van der Waals surface area contributed by atoms with Gasteiger partial charge in [0.2, 0.25) is 0 Å². The molecule has 0 spiro atoms. The van der Waals surface area contributed by atoms with Crippen molar-refractivity contribution in [3.8, 4) is 0 Å². The fraction of sp³-hybridized carbons (Fsp3) is 1.00. The predicted molar refractivity (Wildman–Crippen MR) is 42.1 cm³/mol. The molecule has 1 rings (SSSR count). The maximum absolute atomic E-state index is 12.7. The van der Waals surface area contributed by atoms with E-state index in [0.29, 0.717) is 5.82 Å². The average Bonchev–Trinajstić information content (AvgIpc) is 1.84. The zero-order chi connectivity index (χ0) is 7.40. The summed E-state index contributed by atoms with van der Waals surface area (Å²) in [6.45, 7) is 0. The Labute approximate surface area is 63.6 Å². The van der Waals surface area contributed by atoms with E-state index in [0.717, 1.165) is 38.5 Å². The van der Waals surface area contributed by atoms with Crippen LogP contribution in [0.3, 0.4) is 0 Å². The molecule has 2 radical (unpaired) electrons. The van der Waals surface area contributed by atoms with Crippen molar-refractivity contribution in [3.05, 3.63) is 0 Å². The van der Waals surface area contributed by atoms with Crippen LogP contribution in [-0.4, -0.2) is 14.0 Å². The first-order chi connectivity index (χ1) is 4.79. The highest BCUT2D eigenvalue weighted by Crippen LogP contribution is 2.25. The molecule has 0 N–H and O–H groups in total. The smallest absolute Gasteiger partial charge is 0.100 e. The van der Waals surface area contributed by atoms with E-state index in [1.807, 2.05) is 0 Å². The first-order valence-corrected chi connectivity index (χ1v) is 4.18. The third-order valence-electron chi connectivity index (χ3n) is 2.18. The van der Waals surface area contributed by atoms with Gasteiger partial charge < -0.3 is 0 Å². The molecule has 0 heterocycles. The number of hydrogen-bond acceptors (Lipinski definition) is 0. The molecule has 0 aromatic rings. The van der Waals surface area contributed by atoms with Gasteiger partial charge >= 0.3 is 0 Å². The van der Waals surface area contributed by atoms with Crippen LogP contribution in [0.4, 0.5) is 4.39 Å². The molecule has 1 aliphatic rings. The quantitative estimate of drug-likeness (QED) is 0.453. The first-order valence-electron chi connectivity index (χ1n) is 4.18. The van der Waals surface area contributed by atoms with E-state index in [1.54, 1.807) is 0 Å². The van der Waals surface area contributed by atoms with E-state index in [1.165, 1.54) is 0 Å². The van der Waals surface area contributed by atoms with Crippen molar-refractivity contribution in [1.29, 1.82) is 0 Å². The number of alkyl halides is 1. The highest BCUT2D eigenvalue weighted by Gasteiger charge is 2.12. The van der Waals surface area contributed by atoms with Gasteiger partial charge in [0.25, 0.3) is 0 Å². The molecule has 0 aromatic carbocycles. The second kappa shape index (κ2) is 4.00. The zero-order valence-corrected chi connectivity index (χ0v) is 6.35. The van der Waals surface area contributed by atoms with Gasteiger partial charge in [-0.25, -0.2) is 4.39 Å². The molecular weight excluding hydrogens is 126 g/mol. The van der Waals surface area contributed by atoms with E-state index < -0.39 is 6.17 Å². The van der Waals surface area contributed by atoms with Gasteiger partial charge in [-0.3, -0.25) is 0 Å². The summed E-state index contributed by atoms with van der Waals surface area (Å²) in [6, 6.07) is 0. The van der Waals surface area contributed by atoms with Crippen molar-refractivity contribution in [1.82, 2.24) is 0 Å². The normalized spacial score (nSPS) is 36.5. The molecule has 0 aromatic heterocycles. The van der Waals surface area contributed by atoms with E-state index in [-0.39, 0.29) is 0 Å². The summed E-state index contributed by atoms with van der Waals surface area (Å²) >= 11 is 0. The van der Waals surface area contributed by atoms with Gasteiger partial charge in [-0.2, -0.15) is 0 Å². The van der Waals surface area contributed by atoms with Gasteiger partial charge in [0.05, 0.1) is 7.85 Å². The molecule has 1 aliphatic carbocycles. The van der Waals surface area contributed by atoms with Gasteiger partial charge in [0.1, 0.15) is 6.17 Å². The van der Waals surface area contributed by atoms with Gasteiger partial charge in [-0.05, 0) is 12.8 Å². The number of hydrogen-bond donors (Lipinski definition) is 0. The van der Waals surface area contributed by atoms with Crippen molar-refractivity contribution in [2.75, 3.05) is 0 Å². The lowest BCUT2D eigenvalue weighted by atomic mass is 9.77. The zero-order valence-electron chi connectivity index (χ0n) is 6.35. The fourth-order valence-corrected chi connectivity index (χ4v) is 1.49. The lowest BCUT2D eigenvalue weighted by Crippen LogP contribution is -2.06. The van der Waals surface area contributed by atoms with Crippen LogP contribution >= 0.6 is 0 Å². The summed E-state index contributed by atoms with van der Waals surface area (Å²) < 4.78 is 12.7. The molecule has 0 aliphatic heterocycles. The second-order valence-corrected chi connectivity index (χ2v) is 3.22. The Morgan fingerprint density at radius 1 is 1.00 bits per heavy atom. The summed E-state index contributed by atoms with van der Waals surface area (Å²) in [4.78, 5) is 0. The largest absolute Gasteiger partial charge is 0.247 e. The van der Waals surface area contributed by atoms with Crippen molar-refractivity contribution in [2.24, 2.45) is 0 Å². The molecule has 0 amide bonds. The molecule has 0 saturated heterocycles. The molecular formula is C8H14BF. The minimum absolute atomic E-state index is 0.340. The molecule has 1 saturated carbocycles. The number of rotatable bonds is 0. The summed E-state index contributed by atoms with van der Waals surface area (Å²) in [5.74, 6) is 0.340. The summed E-state index contributed by atoms with van der Waals surface area (Å²) in [6.07, 6.45) is 4.89. The maximum Gasteiger partial charge on any atom is 0.100 e. The third-order valence-corrected chi connectivity index (χ3v) is 2.18. The average molecular weight is 140 g/mol. The molecule has 0 nitrogen and oxygen atoms in total. The minimum atomic E-state index is -0.549. The molecule has 0 unspecified atom stereocenters. The van der Waals surface area contributed by atoms with Crippen molar-refractivity contribution in [2.45, 2.75) is 50.5 Å². The summed E-state index contributed by atoms with van der Waals surface area (Å²) in [5.41, 5.74) is 0. The summed E-state index contributed by atoms with van der Waals surface area (Å²) in [7, 11) is 5.73. The Bertz CT molecular complexity index is 75.3. The van der Waals surface area contributed by atoms with Crippen LogP contribution in [0.15, 0.2) is 0 Å². The Kier molecular flexibility index (Phi) is 3.23. The lowest BCUT2D eigenvalue weighted by molar-refractivity contribution is 0.267. The monoisotopic (exact) mass is 140 g/mol. The molecule has 10 heavy (non-hydrogen) atoms. The van der Waals surface area contributed by atoms with Crippen LogP contribution in [0, 0.1) is 0 Å². The molecule has 0 atom stereocenters. The highest BCUT2D eigenvalue weighted by molar-refractivity contribution is 6.11. The second-order valence-electron chi connectivity index (χ2n) is 3.22.